The molecule has 0 unspecified atom stereocenters. The van der Waals surface area contributed by atoms with E-state index in [-0.39, 0.29) is 17.6 Å². The summed E-state index contributed by atoms with van der Waals surface area (Å²) < 4.78 is 45.1. The van der Waals surface area contributed by atoms with Crippen molar-refractivity contribution in [2.24, 2.45) is 11.3 Å². The zero-order chi connectivity index (χ0) is 23.0. The van der Waals surface area contributed by atoms with Gasteiger partial charge in [0, 0.05) is 19.0 Å². The number of carbonyl (C=O) groups excluding carboxylic acids is 1. The highest BCUT2D eigenvalue weighted by atomic mass is 35.5. The maximum absolute atomic E-state index is 13.1. The van der Waals surface area contributed by atoms with Gasteiger partial charge in [0.1, 0.15) is 11.5 Å². The summed E-state index contributed by atoms with van der Waals surface area (Å²) in [7, 11) is -2.41. The lowest BCUT2D eigenvalue weighted by molar-refractivity contribution is -0.149. The molecule has 0 radical (unpaired) electrons. The number of sulfonamides is 1. The van der Waals surface area contributed by atoms with Crippen LogP contribution in [-0.2, 0) is 19.6 Å². The number of halogens is 2. The summed E-state index contributed by atoms with van der Waals surface area (Å²) in [5.74, 6) is -0.979. The number of imidazole rings is 1. The van der Waals surface area contributed by atoms with Gasteiger partial charge in [-0.05, 0) is 38.3 Å². The summed E-state index contributed by atoms with van der Waals surface area (Å²) in [4.78, 5) is 23.4. The lowest BCUT2D eigenvalue weighted by atomic mass is 9.86. The van der Waals surface area contributed by atoms with Gasteiger partial charge in [-0.1, -0.05) is 18.5 Å². The molecular weight excluding hydrogens is 447 g/mol. The number of carbonyl (C=O) groups is 1. The summed E-state index contributed by atoms with van der Waals surface area (Å²) in [5, 5.41) is 0.293. The number of piperidine rings is 1. The Morgan fingerprint density at radius 2 is 2.13 bits per heavy atom. The molecule has 3 rings (SSSR count). The van der Waals surface area contributed by atoms with E-state index in [2.05, 4.69) is 15.0 Å². The maximum atomic E-state index is 13.1. The number of rotatable bonds is 6. The minimum atomic E-state index is -3.66. The van der Waals surface area contributed by atoms with Crippen LogP contribution in [0, 0.1) is 17.2 Å². The smallest absolute Gasteiger partial charge is 0.312 e. The van der Waals surface area contributed by atoms with E-state index < -0.39 is 27.2 Å². The molecule has 11 heteroatoms. The van der Waals surface area contributed by atoms with Crippen LogP contribution in [0.25, 0.3) is 11.5 Å². The van der Waals surface area contributed by atoms with Gasteiger partial charge in [-0.2, -0.15) is 0 Å². The number of esters is 1. The fourth-order valence-corrected chi connectivity index (χ4v) is 6.25. The van der Waals surface area contributed by atoms with Gasteiger partial charge < -0.3 is 9.72 Å². The van der Waals surface area contributed by atoms with E-state index in [0.717, 1.165) is 6.20 Å². The molecule has 8 nitrogen and oxygen atoms in total. The first kappa shape index (κ1) is 23.6. The minimum Gasteiger partial charge on any atom is -0.469 e. The number of hydrogen-bond acceptors (Lipinski definition) is 6. The molecule has 0 aliphatic carbocycles. The van der Waals surface area contributed by atoms with Gasteiger partial charge >= 0.3 is 5.97 Å². The summed E-state index contributed by atoms with van der Waals surface area (Å²) in [6, 6.07) is 2.80. The summed E-state index contributed by atoms with van der Waals surface area (Å²) in [5.41, 5.74) is 0.0340. The molecule has 0 bridgehead atoms. The zero-order valence-corrected chi connectivity index (χ0v) is 19.4. The van der Waals surface area contributed by atoms with Crippen LogP contribution in [0.4, 0.5) is 4.39 Å². The van der Waals surface area contributed by atoms with E-state index in [9.17, 15) is 17.6 Å². The Kier molecular flexibility index (Phi) is 6.73. The molecule has 1 aliphatic rings. The Bertz CT molecular complexity index is 1060. The molecule has 2 atom stereocenters. The molecule has 1 N–H and O–H groups in total. The number of hydrogen-bond donors (Lipinski definition) is 1. The van der Waals surface area contributed by atoms with Gasteiger partial charge in [0.25, 0.3) is 0 Å². The third-order valence-electron chi connectivity index (χ3n) is 5.57. The monoisotopic (exact) mass is 472 g/mol. The van der Waals surface area contributed by atoms with Crippen molar-refractivity contribution in [3.8, 4) is 11.5 Å². The van der Waals surface area contributed by atoms with E-state index >= 15 is 0 Å². The first-order valence-corrected chi connectivity index (χ1v) is 11.9. The Morgan fingerprint density at radius 1 is 1.42 bits per heavy atom. The van der Waals surface area contributed by atoms with Crippen molar-refractivity contribution >= 4 is 27.6 Å². The molecule has 31 heavy (non-hydrogen) atoms. The van der Waals surface area contributed by atoms with E-state index in [0.29, 0.717) is 41.9 Å². The normalized spacial score (nSPS) is 20.6. The first-order chi connectivity index (χ1) is 14.4. The van der Waals surface area contributed by atoms with Crippen LogP contribution in [0.15, 0.2) is 18.3 Å². The quantitative estimate of drug-likeness (QED) is 0.647. The van der Waals surface area contributed by atoms with Crippen molar-refractivity contribution < 1.29 is 22.3 Å². The second-order valence-electron chi connectivity index (χ2n) is 8.51. The number of aromatic nitrogens is 3. The Hall–Kier alpha value is -2.04. The fourth-order valence-electron chi connectivity index (χ4n) is 3.92. The van der Waals surface area contributed by atoms with Gasteiger partial charge in [0.15, 0.2) is 11.0 Å². The predicted molar refractivity (Wildman–Crippen MR) is 114 cm³/mol. The standard InChI is InChI=1S/C20H26ClFN4O4S/c1-12-10-26(31(28,29)11-20(2,3)19(27)30-4)8-7-14(12)16-17(21)25-18(24-16)15-6-5-13(22)9-23-15/h5-6,9,12,14H,7-8,10-11H2,1-4H3,(H,24,25)/t12-,14+/m0/s1. The highest BCUT2D eigenvalue weighted by Crippen LogP contribution is 2.37. The van der Waals surface area contributed by atoms with Crippen molar-refractivity contribution in [2.75, 3.05) is 26.0 Å². The van der Waals surface area contributed by atoms with Crippen molar-refractivity contribution in [1.29, 1.82) is 0 Å². The van der Waals surface area contributed by atoms with E-state index in [1.807, 2.05) is 6.92 Å². The molecule has 1 saturated heterocycles. The van der Waals surface area contributed by atoms with Crippen LogP contribution in [0.3, 0.4) is 0 Å². The van der Waals surface area contributed by atoms with Gasteiger partial charge in [0.05, 0.1) is 30.2 Å². The summed E-state index contributed by atoms with van der Waals surface area (Å²) in [6.45, 7) is 5.66. The second kappa shape index (κ2) is 8.84. The third-order valence-corrected chi connectivity index (χ3v) is 8.06. The third kappa shape index (κ3) is 5.07. The summed E-state index contributed by atoms with van der Waals surface area (Å²) >= 11 is 6.36. The number of methoxy groups -OCH3 is 1. The molecule has 0 spiro atoms. The predicted octanol–water partition coefficient (Wildman–Crippen LogP) is 3.22. The average molecular weight is 473 g/mol. The molecule has 1 fully saturated rings. The molecule has 0 saturated carbocycles. The minimum absolute atomic E-state index is 0.0331. The van der Waals surface area contributed by atoms with Gasteiger partial charge in [-0.15, -0.1) is 0 Å². The molecule has 3 heterocycles. The molecule has 2 aromatic rings. The molecule has 0 aromatic carbocycles. The van der Waals surface area contributed by atoms with Crippen LogP contribution < -0.4 is 0 Å². The topological polar surface area (TPSA) is 105 Å². The molecule has 2 aromatic heterocycles. The van der Waals surface area contributed by atoms with Crippen LogP contribution in [0.2, 0.25) is 5.15 Å². The Labute approximate surface area is 186 Å². The molecular formula is C20H26ClFN4O4S. The number of aromatic amines is 1. The lowest BCUT2D eigenvalue weighted by Gasteiger charge is -2.37. The number of H-pyrrole nitrogens is 1. The summed E-state index contributed by atoms with van der Waals surface area (Å²) in [6.07, 6.45) is 1.64. The van der Waals surface area contributed by atoms with Crippen molar-refractivity contribution in [3.63, 3.8) is 0 Å². The largest absolute Gasteiger partial charge is 0.469 e. The average Bonchev–Trinajstić information content (AvgIpc) is 3.08. The van der Waals surface area contributed by atoms with Crippen molar-refractivity contribution in [1.82, 2.24) is 19.3 Å². The van der Waals surface area contributed by atoms with Crippen molar-refractivity contribution in [3.05, 3.63) is 35.0 Å². The van der Waals surface area contributed by atoms with Crippen LogP contribution >= 0.6 is 11.6 Å². The highest BCUT2D eigenvalue weighted by Gasteiger charge is 2.40. The number of pyridine rings is 1. The van der Waals surface area contributed by atoms with E-state index in [4.69, 9.17) is 16.3 Å². The van der Waals surface area contributed by atoms with Gasteiger partial charge in [0.2, 0.25) is 10.0 Å². The number of nitrogens with zero attached hydrogens (tertiary/aromatic N) is 3. The van der Waals surface area contributed by atoms with Gasteiger partial charge in [-0.3, -0.25) is 4.79 Å². The van der Waals surface area contributed by atoms with Crippen molar-refractivity contribution in [2.45, 2.75) is 33.1 Å². The zero-order valence-electron chi connectivity index (χ0n) is 17.9. The molecule has 170 valence electrons. The number of nitrogens with one attached hydrogen (secondary N) is 1. The lowest BCUT2D eigenvalue weighted by Crippen LogP contribution is -2.46. The Morgan fingerprint density at radius 3 is 2.71 bits per heavy atom. The molecule has 1 aliphatic heterocycles. The van der Waals surface area contributed by atoms with Crippen LogP contribution in [0.1, 0.15) is 38.8 Å². The maximum Gasteiger partial charge on any atom is 0.312 e. The van der Waals surface area contributed by atoms with E-state index in [1.165, 1.54) is 23.5 Å². The highest BCUT2D eigenvalue weighted by molar-refractivity contribution is 7.89. The Balaban J connectivity index is 1.75. The van der Waals surface area contributed by atoms with E-state index in [1.54, 1.807) is 13.8 Å². The fraction of sp³-hybridized carbons (Fsp3) is 0.550. The SMILES string of the molecule is COC(=O)C(C)(C)CS(=O)(=O)N1CC[C@@H](c2[nH]c(-c3ccc(F)cn3)nc2Cl)[C@@H](C)C1. The number of ether oxygens (including phenoxy) is 1. The van der Waals surface area contributed by atoms with Gasteiger partial charge in [-0.25, -0.2) is 27.1 Å². The second-order valence-corrected chi connectivity index (χ2v) is 10.8. The first-order valence-electron chi connectivity index (χ1n) is 9.88. The molecule has 0 amide bonds. The van der Waals surface area contributed by atoms with Crippen LogP contribution in [-0.4, -0.2) is 59.6 Å². The van der Waals surface area contributed by atoms with Crippen LogP contribution in [0.5, 0.6) is 0 Å².